The zero-order valence-electron chi connectivity index (χ0n) is 16.4. The highest BCUT2D eigenvalue weighted by molar-refractivity contribution is 5.84. The average Bonchev–Trinajstić information content (AvgIpc) is 2.68. The molecule has 4 bridgehead atoms. The molecule has 0 radical (unpaired) electrons. The molecule has 4 heteroatoms. The third-order valence-corrected chi connectivity index (χ3v) is 7.17. The van der Waals surface area contributed by atoms with Gasteiger partial charge in [0.25, 0.3) is 0 Å². The van der Waals surface area contributed by atoms with Crippen molar-refractivity contribution in [2.45, 2.75) is 43.9 Å². The quantitative estimate of drug-likeness (QED) is 0.549. The summed E-state index contributed by atoms with van der Waals surface area (Å²) in [6, 6.07) is 13.8. The average molecular weight is 377 g/mol. The molecule has 0 amide bonds. The van der Waals surface area contributed by atoms with Crippen molar-refractivity contribution in [3.63, 3.8) is 0 Å². The van der Waals surface area contributed by atoms with Crippen LogP contribution < -0.4 is 10.2 Å². The molecule has 0 saturated heterocycles. The van der Waals surface area contributed by atoms with Gasteiger partial charge in [0.05, 0.1) is 19.0 Å². The summed E-state index contributed by atoms with van der Waals surface area (Å²) in [5.74, 6) is 3.74. The predicted molar refractivity (Wildman–Crippen MR) is 112 cm³/mol. The minimum Gasteiger partial charge on any atom is -0.507 e. The number of benzene rings is 2. The highest BCUT2D eigenvalue weighted by atomic mass is 16.5. The number of para-hydroxylation sites is 2. The van der Waals surface area contributed by atoms with E-state index < -0.39 is 0 Å². The van der Waals surface area contributed by atoms with Crippen LogP contribution in [0.1, 0.15) is 49.7 Å². The summed E-state index contributed by atoms with van der Waals surface area (Å²) < 4.78 is 5.34. The first-order chi connectivity index (χ1) is 13.6. The lowest BCUT2D eigenvalue weighted by molar-refractivity contribution is -0.00520. The number of aromatic hydroxyl groups is 1. The molecule has 4 aliphatic rings. The fourth-order valence-corrected chi connectivity index (χ4v) is 6.36. The molecule has 2 aromatic carbocycles. The van der Waals surface area contributed by atoms with E-state index >= 15 is 0 Å². The Morgan fingerprint density at radius 3 is 2.39 bits per heavy atom. The van der Waals surface area contributed by atoms with Crippen molar-refractivity contribution in [1.29, 1.82) is 0 Å². The van der Waals surface area contributed by atoms with Gasteiger partial charge in [0.15, 0.2) is 0 Å². The molecule has 146 valence electrons. The Labute approximate surface area is 166 Å². The lowest BCUT2D eigenvalue weighted by Crippen LogP contribution is -2.48. The zero-order chi connectivity index (χ0) is 19.1. The standard InChI is InChI=1S/C24H28N2O2/c1-28-23-5-3-2-4-21(23)26-25-15-19-11-20(6-7-22(19)27)24-12-16-8-17(13-24)10-18(9-16)14-24/h2-7,11,15-18,26-27H,8-10,12-14H2,1H3. The van der Waals surface area contributed by atoms with Gasteiger partial charge in [-0.15, -0.1) is 0 Å². The maximum atomic E-state index is 10.4. The van der Waals surface area contributed by atoms with Crippen molar-refractivity contribution in [3.05, 3.63) is 53.6 Å². The number of nitrogens with one attached hydrogen (secondary N) is 1. The van der Waals surface area contributed by atoms with E-state index in [0.29, 0.717) is 5.41 Å². The molecular weight excluding hydrogens is 348 g/mol. The number of ether oxygens (including phenoxy) is 1. The van der Waals surface area contributed by atoms with Gasteiger partial charge in [-0.1, -0.05) is 18.2 Å². The van der Waals surface area contributed by atoms with Crippen LogP contribution in [0, 0.1) is 17.8 Å². The van der Waals surface area contributed by atoms with Crippen molar-refractivity contribution in [2.24, 2.45) is 22.9 Å². The minimum absolute atomic E-state index is 0.277. The number of hydrogen-bond acceptors (Lipinski definition) is 4. The first-order valence-electron chi connectivity index (χ1n) is 10.4. The van der Waals surface area contributed by atoms with Gasteiger partial charge in [0.2, 0.25) is 0 Å². The maximum absolute atomic E-state index is 10.4. The van der Waals surface area contributed by atoms with Crippen LogP contribution in [-0.2, 0) is 5.41 Å². The first-order valence-corrected chi connectivity index (χ1v) is 10.4. The molecule has 28 heavy (non-hydrogen) atoms. The van der Waals surface area contributed by atoms with Crippen LogP contribution in [0.5, 0.6) is 11.5 Å². The topological polar surface area (TPSA) is 53.8 Å². The van der Waals surface area contributed by atoms with E-state index in [1.165, 1.54) is 44.1 Å². The Morgan fingerprint density at radius 1 is 1.04 bits per heavy atom. The lowest BCUT2D eigenvalue weighted by atomic mass is 9.48. The number of nitrogens with zero attached hydrogens (tertiary/aromatic N) is 1. The first kappa shape index (κ1) is 17.6. The second kappa shape index (κ2) is 6.84. The number of phenolic OH excluding ortho intramolecular Hbond substituents is 1. The molecule has 0 aliphatic heterocycles. The highest BCUT2D eigenvalue weighted by Crippen LogP contribution is 2.60. The largest absolute Gasteiger partial charge is 0.507 e. The molecule has 2 N–H and O–H groups in total. The number of rotatable bonds is 5. The molecule has 0 atom stereocenters. The number of hydrogen-bond donors (Lipinski definition) is 2. The summed E-state index contributed by atoms with van der Waals surface area (Å²) in [6.45, 7) is 0. The van der Waals surface area contributed by atoms with Gasteiger partial charge in [-0.05, 0) is 91.5 Å². The van der Waals surface area contributed by atoms with Crippen molar-refractivity contribution in [2.75, 3.05) is 12.5 Å². The molecule has 4 fully saturated rings. The lowest BCUT2D eigenvalue weighted by Gasteiger charge is -2.57. The van der Waals surface area contributed by atoms with Gasteiger partial charge in [0.1, 0.15) is 11.5 Å². The minimum atomic E-state index is 0.277. The summed E-state index contributed by atoms with van der Waals surface area (Å²) in [6.07, 6.45) is 9.99. The second-order valence-corrected chi connectivity index (χ2v) is 9.04. The van der Waals surface area contributed by atoms with E-state index in [1.54, 1.807) is 13.3 Å². The van der Waals surface area contributed by atoms with Crippen LogP contribution in [-0.4, -0.2) is 18.4 Å². The molecule has 0 spiro atoms. The second-order valence-electron chi connectivity index (χ2n) is 9.04. The highest BCUT2D eigenvalue weighted by Gasteiger charge is 2.51. The molecule has 0 aromatic heterocycles. The molecule has 4 nitrogen and oxygen atoms in total. The Hall–Kier alpha value is -2.49. The molecule has 0 unspecified atom stereocenters. The van der Waals surface area contributed by atoms with E-state index in [4.69, 9.17) is 4.74 Å². The molecule has 2 aromatic rings. The van der Waals surface area contributed by atoms with Crippen LogP contribution in [0.2, 0.25) is 0 Å². The molecule has 0 heterocycles. The van der Waals surface area contributed by atoms with Gasteiger partial charge < -0.3 is 9.84 Å². The summed E-state index contributed by atoms with van der Waals surface area (Å²) in [5.41, 5.74) is 6.32. The summed E-state index contributed by atoms with van der Waals surface area (Å²) >= 11 is 0. The Bertz CT molecular complexity index is 870. The third-order valence-electron chi connectivity index (χ3n) is 7.17. The normalized spacial score (nSPS) is 30.7. The number of hydrazone groups is 1. The Kier molecular flexibility index (Phi) is 4.30. The van der Waals surface area contributed by atoms with Crippen molar-refractivity contribution in [3.8, 4) is 11.5 Å². The molecular formula is C24H28N2O2. The van der Waals surface area contributed by atoms with E-state index in [1.807, 2.05) is 30.3 Å². The summed E-state index contributed by atoms with van der Waals surface area (Å²) in [4.78, 5) is 0. The van der Waals surface area contributed by atoms with Crippen LogP contribution in [0.3, 0.4) is 0 Å². The predicted octanol–water partition coefficient (Wildman–Crippen LogP) is 5.31. The fraction of sp³-hybridized carbons (Fsp3) is 0.458. The fourth-order valence-electron chi connectivity index (χ4n) is 6.36. The molecule has 4 saturated carbocycles. The monoisotopic (exact) mass is 376 g/mol. The zero-order valence-corrected chi connectivity index (χ0v) is 16.4. The van der Waals surface area contributed by atoms with Crippen molar-refractivity contribution in [1.82, 2.24) is 0 Å². The van der Waals surface area contributed by atoms with Crippen molar-refractivity contribution < 1.29 is 9.84 Å². The Balaban J connectivity index is 1.39. The SMILES string of the molecule is COc1ccccc1NN=Cc1cc(C23CC4CC(CC(C4)C2)C3)ccc1O. The smallest absolute Gasteiger partial charge is 0.143 e. The van der Waals surface area contributed by atoms with Crippen molar-refractivity contribution >= 4 is 11.9 Å². The maximum Gasteiger partial charge on any atom is 0.143 e. The van der Waals surface area contributed by atoms with Gasteiger partial charge in [0, 0.05) is 5.56 Å². The van der Waals surface area contributed by atoms with Gasteiger partial charge in [-0.3, -0.25) is 5.43 Å². The van der Waals surface area contributed by atoms with E-state index in [9.17, 15) is 5.11 Å². The number of phenols is 1. The summed E-state index contributed by atoms with van der Waals surface area (Å²) in [5, 5.41) is 14.7. The summed E-state index contributed by atoms with van der Waals surface area (Å²) in [7, 11) is 1.64. The van der Waals surface area contributed by atoms with Crippen LogP contribution in [0.25, 0.3) is 0 Å². The van der Waals surface area contributed by atoms with Crippen LogP contribution >= 0.6 is 0 Å². The van der Waals surface area contributed by atoms with Crippen LogP contribution in [0.4, 0.5) is 5.69 Å². The van der Waals surface area contributed by atoms with E-state index in [0.717, 1.165) is 34.8 Å². The van der Waals surface area contributed by atoms with Gasteiger partial charge in [-0.25, -0.2) is 0 Å². The van der Waals surface area contributed by atoms with Crippen LogP contribution in [0.15, 0.2) is 47.6 Å². The van der Waals surface area contributed by atoms with Gasteiger partial charge >= 0.3 is 0 Å². The van der Waals surface area contributed by atoms with Gasteiger partial charge in [-0.2, -0.15) is 5.10 Å². The number of methoxy groups -OCH3 is 1. The Morgan fingerprint density at radius 2 is 1.71 bits per heavy atom. The van der Waals surface area contributed by atoms with E-state index in [2.05, 4.69) is 22.7 Å². The molecule has 6 rings (SSSR count). The molecule has 4 aliphatic carbocycles. The van der Waals surface area contributed by atoms with E-state index in [-0.39, 0.29) is 5.75 Å². The number of anilines is 1. The third kappa shape index (κ3) is 3.05.